The summed E-state index contributed by atoms with van der Waals surface area (Å²) in [7, 11) is 0. The molecule has 0 aliphatic carbocycles. The molecule has 0 aromatic carbocycles. The zero-order chi connectivity index (χ0) is 16.3. The van der Waals surface area contributed by atoms with E-state index in [-0.39, 0.29) is 5.97 Å². The Morgan fingerprint density at radius 2 is 1.90 bits per heavy atom. The largest absolute Gasteiger partial charge is 0.465 e. The molecule has 0 aromatic heterocycles. The van der Waals surface area contributed by atoms with Crippen molar-refractivity contribution in [3.8, 4) is 0 Å². The minimum atomic E-state index is -0.541. The number of nitrogens with zero attached hydrogens (tertiary/aromatic N) is 1. The van der Waals surface area contributed by atoms with Gasteiger partial charge in [0.15, 0.2) is 0 Å². The van der Waals surface area contributed by atoms with Crippen molar-refractivity contribution < 1.29 is 9.53 Å². The molecule has 4 heteroatoms. The lowest BCUT2D eigenvalue weighted by Crippen LogP contribution is -2.50. The first-order valence-corrected chi connectivity index (χ1v) is 8.57. The molecule has 0 aliphatic rings. The van der Waals surface area contributed by atoms with E-state index in [0.717, 1.165) is 45.3 Å². The van der Waals surface area contributed by atoms with Crippen LogP contribution in [0.25, 0.3) is 0 Å². The zero-order valence-corrected chi connectivity index (χ0v) is 15.0. The Kier molecular flexibility index (Phi) is 10.7. The molecule has 126 valence electrons. The van der Waals surface area contributed by atoms with Gasteiger partial charge in [0, 0.05) is 6.04 Å². The van der Waals surface area contributed by atoms with E-state index in [1.54, 1.807) is 0 Å². The number of rotatable bonds is 12. The van der Waals surface area contributed by atoms with Crippen LogP contribution in [0, 0.1) is 0 Å². The Morgan fingerprint density at radius 1 is 1.24 bits per heavy atom. The van der Waals surface area contributed by atoms with Gasteiger partial charge in [-0.2, -0.15) is 0 Å². The molecule has 1 unspecified atom stereocenters. The van der Waals surface area contributed by atoms with Gasteiger partial charge in [0.25, 0.3) is 0 Å². The summed E-state index contributed by atoms with van der Waals surface area (Å²) in [5.41, 5.74) is -0.541. The van der Waals surface area contributed by atoms with E-state index in [2.05, 4.69) is 37.9 Å². The van der Waals surface area contributed by atoms with Crippen molar-refractivity contribution in [2.45, 2.75) is 78.8 Å². The first kappa shape index (κ1) is 20.4. The Hall–Kier alpha value is -0.610. The van der Waals surface area contributed by atoms with Crippen LogP contribution in [0.3, 0.4) is 0 Å². The Morgan fingerprint density at radius 3 is 2.38 bits per heavy atom. The minimum Gasteiger partial charge on any atom is -0.465 e. The van der Waals surface area contributed by atoms with Crippen molar-refractivity contribution in [3.05, 3.63) is 0 Å². The second-order valence-electron chi connectivity index (χ2n) is 6.16. The summed E-state index contributed by atoms with van der Waals surface area (Å²) < 4.78 is 5.23. The molecule has 0 bridgehead atoms. The molecule has 0 aromatic rings. The van der Waals surface area contributed by atoms with E-state index in [4.69, 9.17) is 4.74 Å². The Bertz CT molecular complexity index is 282. The van der Waals surface area contributed by atoms with Gasteiger partial charge in [0.2, 0.25) is 0 Å². The van der Waals surface area contributed by atoms with Gasteiger partial charge in [-0.3, -0.25) is 4.79 Å². The van der Waals surface area contributed by atoms with Gasteiger partial charge in [-0.25, -0.2) is 0 Å². The average Bonchev–Trinajstić information content (AvgIpc) is 2.45. The third-order valence-electron chi connectivity index (χ3n) is 4.00. The first-order valence-electron chi connectivity index (χ1n) is 8.57. The molecule has 0 saturated carbocycles. The van der Waals surface area contributed by atoms with E-state index in [1.807, 2.05) is 13.8 Å². The number of ether oxygens (including phenoxy) is 1. The van der Waals surface area contributed by atoms with Crippen LogP contribution in [0.2, 0.25) is 0 Å². The highest BCUT2D eigenvalue weighted by atomic mass is 16.5. The second kappa shape index (κ2) is 11.0. The van der Waals surface area contributed by atoms with Gasteiger partial charge >= 0.3 is 5.97 Å². The van der Waals surface area contributed by atoms with Gasteiger partial charge in [0.1, 0.15) is 5.54 Å². The normalized spacial score (nSPS) is 14.5. The maximum Gasteiger partial charge on any atom is 0.326 e. The van der Waals surface area contributed by atoms with Crippen LogP contribution in [-0.2, 0) is 9.53 Å². The summed E-state index contributed by atoms with van der Waals surface area (Å²) in [5, 5.41) is 3.37. The molecule has 0 radical (unpaired) electrons. The number of carbonyl (C=O) groups is 1. The van der Waals surface area contributed by atoms with Crippen molar-refractivity contribution in [1.29, 1.82) is 0 Å². The highest BCUT2D eigenvalue weighted by molar-refractivity contribution is 5.80. The first-order chi connectivity index (χ1) is 9.91. The third-order valence-corrected chi connectivity index (χ3v) is 4.00. The quantitative estimate of drug-likeness (QED) is 0.444. The predicted molar refractivity (Wildman–Crippen MR) is 89.6 cm³/mol. The van der Waals surface area contributed by atoms with E-state index in [0.29, 0.717) is 12.6 Å². The number of nitrogens with one attached hydrogen (secondary N) is 1. The highest BCUT2D eigenvalue weighted by Crippen LogP contribution is 2.17. The van der Waals surface area contributed by atoms with Crippen LogP contribution >= 0.6 is 0 Å². The lowest BCUT2D eigenvalue weighted by atomic mass is 9.94. The molecule has 0 spiro atoms. The van der Waals surface area contributed by atoms with Crippen LogP contribution in [0.5, 0.6) is 0 Å². The second-order valence-corrected chi connectivity index (χ2v) is 6.16. The standard InChI is InChI=1S/C17H36N2O2/c1-7-13-18-17(6,16(20)21-9-3)12-10-11-14-19(8-2)15(4)5/h15,18H,7-14H2,1-6H3. The lowest BCUT2D eigenvalue weighted by molar-refractivity contribution is -0.150. The molecule has 0 saturated heterocycles. The number of esters is 1. The maximum absolute atomic E-state index is 12.2. The SMILES string of the molecule is CCCNC(C)(CCCCN(CC)C(C)C)C(=O)OCC. The van der Waals surface area contributed by atoms with Crippen molar-refractivity contribution in [3.63, 3.8) is 0 Å². The molecule has 1 N–H and O–H groups in total. The molecule has 21 heavy (non-hydrogen) atoms. The number of unbranched alkanes of at least 4 members (excludes halogenated alkanes) is 1. The van der Waals surface area contributed by atoms with Crippen LogP contribution in [-0.4, -0.2) is 48.7 Å². The van der Waals surface area contributed by atoms with Crippen LogP contribution in [0.1, 0.15) is 67.2 Å². The molecule has 1 atom stereocenters. The molecule has 0 heterocycles. The van der Waals surface area contributed by atoms with E-state index in [1.165, 1.54) is 0 Å². The number of carbonyl (C=O) groups excluding carboxylic acids is 1. The van der Waals surface area contributed by atoms with E-state index < -0.39 is 5.54 Å². The van der Waals surface area contributed by atoms with E-state index in [9.17, 15) is 4.79 Å². The Labute approximate surface area is 131 Å². The highest BCUT2D eigenvalue weighted by Gasteiger charge is 2.33. The van der Waals surface area contributed by atoms with Gasteiger partial charge in [0.05, 0.1) is 6.61 Å². The van der Waals surface area contributed by atoms with Gasteiger partial charge < -0.3 is 15.0 Å². The molecule has 0 aliphatic heterocycles. The predicted octanol–water partition coefficient (Wildman–Crippen LogP) is 3.21. The fourth-order valence-corrected chi connectivity index (χ4v) is 2.53. The molecular formula is C17H36N2O2. The Balaban J connectivity index is 4.32. The molecule has 4 nitrogen and oxygen atoms in total. The fourth-order valence-electron chi connectivity index (χ4n) is 2.53. The minimum absolute atomic E-state index is 0.116. The monoisotopic (exact) mass is 300 g/mol. The summed E-state index contributed by atoms with van der Waals surface area (Å²) in [6.45, 7) is 16.1. The molecule has 0 rings (SSSR count). The van der Waals surface area contributed by atoms with Gasteiger partial charge in [-0.05, 0) is 73.0 Å². The third kappa shape index (κ3) is 7.82. The summed E-state index contributed by atoms with van der Waals surface area (Å²) >= 11 is 0. The average molecular weight is 300 g/mol. The van der Waals surface area contributed by atoms with Crippen molar-refractivity contribution >= 4 is 5.97 Å². The summed E-state index contributed by atoms with van der Waals surface area (Å²) in [6, 6.07) is 0.588. The summed E-state index contributed by atoms with van der Waals surface area (Å²) in [5.74, 6) is -0.116. The number of hydrogen-bond donors (Lipinski definition) is 1. The molecular weight excluding hydrogens is 264 g/mol. The van der Waals surface area contributed by atoms with Crippen molar-refractivity contribution in [2.24, 2.45) is 0 Å². The van der Waals surface area contributed by atoms with E-state index >= 15 is 0 Å². The smallest absolute Gasteiger partial charge is 0.326 e. The van der Waals surface area contributed by atoms with Gasteiger partial charge in [-0.15, -0.1) is 0 Å². The zero-order valence-electron chi connectivity index (χ0n) is 15.0. The fraction of sp³-hybridized carbons (Fsp3) is 0.941. The molecule has 0 fully saturated rings. The number of hydrogen-bond acceptors (Lipinski definition) is 4. The lowest BCUT2D eigenvalue weighted by Gasteiger charge is -2.29. The van der Waals surface area contributed by atoms with Crippen molar-refractivity contribution in [2.75, 3.05) is 26.2 Å². The molecule has 0 amide bonds. The van der Waals surface area contributed by atoms with Crippen molar-refractivity contribution in [1.82, 2.24) is 10.2 Å². The van der Waals surface area contributed by atoms with Gasteiger partial charge in [-0.1, -0.05) is 13.8 Å². The van der Waals surface area contributed by atoms with Crippen LogP contribution in [0.15, 0.2) is 0 Å². The van der Waals surface area contributed by atoms with Crippen LogP contribution < -0.4 is 5.32 Å². The summed E-state index contributed by atoms with van der Waals surface area (Å²) in [4.78, 5) is 14.6. The van der Waals surface area contributed by atoms with Crippen LogP contribution in [0.4, 0.5) is 0 Å². The topological polar surface area (TPSA) is 41.6 Å². The summed E-state index contributed by atoms with van der Waals surface area (Å²) in [6.07, 6.45) is 4.01. The maximum atomic E-state index is 12.2.